The molecule has 0 unspecified atom stereocenters. The summed E-state index contributed by atoms with van der Waals surface area (Å²) >= 11 is 3.42. The van der Waals surface area contributed by atoms with Crippen LogP contribution in [0, 0.1) is 0 Å². The maximum Gasteiger partial charge on any atom is 0.0678 e. The SMILES string of the molecule is CCNCc1ccnn1Cc1cncc(Br)c1. The molecule has 0 radical (unpaired) electrons. The molecule has 90 valence electrons. The molecule has 5 heteroatoms. The molecule has 2 aromatic rings. The molecule has 0 amide bonds. The number of aromatic nitrogens is 3. The van der Waals surface area contributed by atoms with Gasteiger partial charge >= 0.3 is 0 Å². The molecule has 2 aromatic heterocycles. The smallest absolute Gasteiger partial charge is 0.0678 e. The van der Waals surface area contributed by atoms with Crippen molar-refractivity contribution in [1.29, 1.82) is 0 Å². The lowest BCUT2D eigenvalue weighted by Crippen LogP contribution is -2.16. The molecule has 0 bridgehead atoms. The van der Waals surface area contributed by atoms with Crippen molar-refractivity contribution < 1.29 is 0 Å². The van der Waals surface area contributed by atoms with E-state index in [1.54, 1.807) is 6.20 Å². The first kappa shape index (κ1) is 12.3. The Hall–Kier alpha value is -1.20. The number of nitrogens with one attached hydrogen (secondary N) is 1. The Kier molecular flexibility index (Phi) is 4.28. The van der Waals surface area contributed by atoms with Gasteiger partial charge in [0.1, 0.15) is 0 Å². The predicted molar refractivity (Wildman–Crippen MR) is 70.6 cm³/mol. The van der Waals surface area contributed by atoms with Crippen LogP contribution >= 0.6 is 15.9 Å². The average molecular weight is 295 g/mol. The van der Waals surface area contributed by atoms with E-state index in [9.17, 15) is 0 Å². The molecule has 0 spiro atoms. The zero-order valence-electron chi connectivity index (χ0n) is 9.73. The van der Waals surface area contributed by atoms with Crippen LogP contribution in [0.2, 0.25) is 0 Å². The van der Waals surface area contributed by atoms with Crippen LogP contribution in [0.25, 0.3) is 0 Å². The fourth-order valence-electron chi connectivity index (χ4n) is 1.62. The second kappa shape index (κ2) is 5.93. The lowest BCUT2D eigenvalue weighted by molar-refractivity contribution is 0.605. The van der Waals surface area contributed by atoms with Gasteiger partial charge < -0.3 is 5.32 Å². The van der Waals surface area contributed by atoms with Crippen molar-refractivity contribution in [2.75, 3.05) is 6.54 Å². The summed E-state index contributed by atoms with van der Waals surface area (Å²) in [5, 5.41) is 7.63. The minimum atomic E-state index is 0.750. The number of halogens is 1. The van der Waals surface area contributed by atoms with Crippen molar-refractivity contribution in [3.63, 3.8) is 0 Å². The largest absolute Gasteiger partial charge is 0.311 e. The molecule has 2 heterocycles. The maximum atomic E-state index is 4.33. The minimum absolute atomic E-state index is 0.750. The quantitative estimate of drug-likeness (QED) is 0.919. The molecule has 4 nitrogen and oxygen atoms in total. The van der Waals surface area contributed by atoms with Crippen LogP contribution in [0.1, 0.15) is 18.2 Å². The maximum absolute atomic E-state index is 4.33. The number of pyridine rings is 1. The standard InChI is InChI=1S/C12H15BrN4/c1-2-14-8-12-3-4-16-17(12)9-10-5-11(13)7-15-6-10/h3-7,14H,2,8-9H2,1H3. The Bertz CT molecular complexity index is 481. The Balaban J connectivity index is 2.10. The summed E-state index contributed by atoms with van der Waals surface area (Å²) in [7, 11) is 0. The molecule has 0 aromatic carbocycles. The first-order valence-electron chi connectivity index (χ1n) is 5.60. The molecule has 0 atom stereocenters. The second-order valence-electron chi connectivity index (χ2n) is 3.77. The van der Waals surface area contributed by atoms with Crippen LogP contribution in [-0.2, 0) is 13.1 Å². The summed E-state index contributed by atoms with van der Waals surface area (Å²) in [4.78, 5) is 4.15. The van der Waals surface area contributed by atoms with Crippen LogP contribution in [0.15, 0.2) is 35.2 Å². The zero-order chi connectivity index (χ0) is 12.1. The number of hydrogen-bond acceptors (Lipinski definition) is 3. The zero-order valence-corrected chi connectivity index (χ0v) is 11.3. The van der Waals surface area contributed by atoms with Gasteiger partial charge in [0.15, 0.2) is 0 Å². The fraction of sp³-hybridized carbons (Fsp3) is 0.333. The lowest BCUT2D eigenvalue weighted by Gasteiger charge is -2.08. The molecule has 17 heavy (non-hydrogen) atoms. The van der Waals surface area contributed by atoms with Crippen LogP contribution in [0.4, 0.5) is 0 Å². The topological polar surface area (TPSA) is 42.7 Å². The Morgan fingerprint density at radius 3 is 3.06 bits per heavy atom. The van der Waals surface area contributed by atoms with Gasteiger partial charge in [0, 0.05) is 29.6 Å². The van der Waals surface area contributed by atoms with Gasteiger partial charge in [-0.25, -0.2) is 0 Å². The molecule has 0 aliphatic carbocycles. The van der Waals surface area contributed by atoms with Gasteiger partial charge in [0.05, 0.1) is 12.2 Å². The molecule has 0 aliphatic heterocycles. The molecule has 1 N–H and O–H groups in total. The van der Waals surface area contributed by atoms with Crippen LogP contribution < -0.4 is 5.32 Å². The summed E-state index contributed by atoms with van der Waals surface area (Å²) in [6.07, 6.45) is 5.48. The fourth-order valence-corrected chi connectivity index (χ4v) is 2.03. The van der Waals surface area contributed by atoms with E-state index in [-0.39, 0.29) is 0 Å². The van der Waals surface area contributed by atoms with E-state index in [0.717, 1.165) is 29.7 Å². The third-order valence-corrected chi connectivity index (χ3v) is 2.89. The van der Waals surface area contributed by atoms with E-state index in [1.807, 2.05) is 23.1 Å². The normalized spacial score (nSPS) is 10.7. The van der Waals surface area contributed by atoms with Crippen molar-refractivity contribution in [3.05, 3.63) is 46.5 Å². The van der Waals surface area contributed by atoms with Crippen molar-refractivity contribution in [2.24, 2.45) is 0 Å². The van der Waals surface area contributed by atoms with Crippen molar-refractivity contribution in [2.45, 2.75) is 20.0 Å². The van der Waals surface area contributed by atoms with E-state index in [2.05, 4.69) is 44.3 Å². The monoisotopic (exact) mass is 294 g/mol. The molecule has 2 rings (SSSR count). The van der Waals surface area contributed by atoms with E-state index >= 15 is 0 Å². The van der Waals surface area contributed by atoms with E-state index in [4.69, 9.17) is 0 Å². The Morgan fingerprint density at radius 2 is 2.29 bits per heavy atom. The van der Waals surface area contributed by atoms with Crippen LogP contribution in [0.5, 0.6) is 0 Å². The molecule has 0 fully saturated rings. The van der Waals surface area contributed by atoms with Gasteiger partial charge in [-0.2, -0.15) is 5.10 Å². The number of rotatable bonds is 5. The third-order valence-electron chi connectivity index (χ3n) is 2.45. The lowest BCUT2D eigenvalue weighted by atomic mass is 10.3. The highest BCUT2D eigenvalue weighted by Gasteiger charge is 2.03. The summed E-state index contributed by atoms with van der Waals surface area (Å²) in [5.74, 6) is 0. The first-order chi connectivity index (χ1) is 8.29. The van der Waals surface area contributed by atoms with Gasteiger partial charge in [0.2, 0.25) is 0 Å². The van der Waals surface area contributed by atoms with Gasteiger partial charge in [-0.15, -0.1) is 0 Å². The van der Waals surface area contributed by atoms with Crippen molar-refractivity contribution in [3.8, 4) is 0 Å². The predicted octanol–water partition coefficient (Wildman–Crippen LogP) is 2.20. The molecule has 0 aliphatic rings. The van der Waals surface area contributed by atoms with Crippen molar-refractivity contribution in [1.82, 2.24) is 20.1 Å². The summed E-state index contributed by atoms with van der Waals surface area (Å²) < 4.78 is 2.99. The van der Waals surface area contributed by atoms with E-state index < -0.39 is 0 Å². The Labute approximate surface area is 109 Å². The highest BCUT2D eigenvalue weighted by Crippen LogP contribution is 2.11. The van der Waals surface area contributed by atoms with Crippen LogP contribution in [0.3, 0.4) is 0 Å². The third kappa shape index (κ3) is 3.38. The molecule has 0 saturated carbocycles. The highest BCUT2D eigenvalue weighted by atomic mass is 79.9. The first-order valence-corrected chi connectivity index (χ1v) is 6.39. The van der Waals surface area contributed by atoms with Crippen molar-refractivity contribution >= 4 is 15.9 Å². The van der Waals surface area contributed by atoms with E-state index in [1.165, 1.54) is 5.69 Å². The average Bonchev–Trinajstić information content (AvgIpc) is 2.74. The summed E-state index contributed by atoms with van der Waals surface area (Å²) in [6, 6.07) is 4.10. The highest BCUT2D eigenvalue weighted by molar-refractivity contribution is 9.10. The number of hydrogen-bond donors (Lipinski definition) is 1. The van der Waals surface area contributed by atoms with Gasteiger partial charge in [-0.3, -0.25) is 9.67 Å². The van der Waals surface area contributed by atoms with Crippen LogP contribution in [-0.4, -0.2) is 21.3 Å². The summed E-state index contributed by atoms with van der Waals surface area (Å²) in [6.45, 7) is 4.65. The molecular formula is C12H15BrN4. The van der Waals surface area contributed by atoms with Gasteiger partial charge in [-0.05, 0) is 40.2 Å². The Morgan fingerprint density at radius 1 is 1.41 bits per heavy atom. The van der Waals surface area contributed by atoms with Gasteiger partial charge in [-0.1, -0.05) is 6.92 Å². The van der Waals surface area contributed by atoms with E-state index in [0.29, 0.717) is 0 Å². The minimum Gasteiger partial charge on any atom is -0.311 e. The second-order valence-corrected chi connectivity index (χ2v) is 4.69. The summed E-state index contributed by atoms with van der Waals surface area (Å²) in [5.41, 5.74) is 2.33. The number of nitrogens with zero attached hydrogens (tertiary/aromatic N) is 3. The van der Waals surface area contributed by atoms with Gasteiger partial charge in [0.25, 0.3) is 0 Å². The molecule has 0 saturated heterocycles. The molecular weight excluding hydrogens is 280 g/mol.